The summed E-state index contributed by atoms with van der Waals surface area (Å²) in [6.45, 7) is 4.67. The predicted octanol–water partition coefficient (Wildman–Crippen LogP) is 1.64. The quantitative estimate of drug-likeness (QED) is 0.489. The van der Waals surface area contributed by atoms with Crippen molar-refractivity contribution in [3.63, 3.8) is 0 Å². The molecule has 10 atom stereocenters. The number of ether oxygens (including phenoxy) is 7. The van der Waals surface area contributed by atoms with Crippen LogP contribution in [-0.4, -0.2) is 80.4 Å². The van der Waals surface area contributed by atoms with Crippen LogP contribution >= 0.6 is 0 Å². The first-order valence-electron chi connectivity index (χ1n) is 11.2. The van der Waals surface area contributed by atoms with Gasteiger partial charge >= 0.3 is 5.97 Å². The first-order valence-corrected chi connectivity index (χ1v) is 11.2. The van der Waals surface area contributed by atoms with Gasteiger partial charge in [0.05, 0.1) is 44.6 Å². The highest BCUT2D eigenvalue weighted by Crippen LogP contribution is 2.54. The third-order valence-corrected chi connectivity index (χ3v) is 7.54. The molecule has 0 spiro atoms. The van der Waals surface area contributed by atoms with Gasteiger partial charge in [-0.2, -0.15) is 0 Å². The van der Waals surface area contributed by atoms with Gasteiger partial charge in [0.15, 0.2) is 5.79 Å². The largest absolute Gasteiger partial charge is 0.469 e. The summed E-state index contributed by atoms with van der Waals surface area (Å²) in [7, 11) is 1.40. The predicted molar refractivity (Wildman–Crippen MR) is 102 cm³/mol. The van der Waals surface area contributed by atoms with Crippen LogP contribution in [0.4, 0.5) is 0 Å². The van der Waals surface area contributed by atoms with E-state index in [0.717, 1.165) is 37.7 Å². The molecule has 8 nitrogen and oxygen atoms in total. The van der Waals surface area contributed by atoms with E-state index in [-0.39, 0.29) is 67.3 Å². The highest BCUT2D eigenvalue weighted by Gasteiger charge is 2.68. The molecule has 0 amide bonds. The van der Waals surface area contributed by atoms with Gasteiger partial charge in [-0.15, -0.1) is 0 Å². The number of fused-ring (bicyclic) bond motifs is 1. The molecule has 166 valence electrons. The van der Waals surface area contributed by atoms with Gasteiger partial charge in [0.1, 0.15) is 30.5 Å². The molecule has 8 heteroatoms. The van der Waals surface area contributed by atoms with Gasteiger partial charge in [0, 0.05) is 12.8 Å². The molecule has 0 aromatic carbocycles. The van der Waals surface area contributed by atoms with Gasteiger partial charge in [0.25, 0.3) is 0 Å². The van der Waals surface area contributed by atoms with Gasteiger partial charge in [-0.1, -0.05) is 6.58 Å². The molecular weight excluding hydrogens is 392 g/mol. The summed E-state index contributed by atoms with van der Waals surface area (Å²) < 4.78 is 43.0. The van der Waals surface area contributed by atoms with E-state index in [1.807, 2.05) is 0 Å². The van der Waals surface area contributed by atoms with Crippen LogP contribution in [0.1, 0.15) is 44.9 Å². The lowest BCUT2D eigenvalue weighted by Crippen LogP contribution is -2.61. The lowest BCUT2D eigenvalue weighted by atomic mass is 9.87. The lowest BCUT2D eigenvalue weighted by Gasteiger charge is -2.47. The minimum Gasteiger partial charge on any atom is -0.469 e. The fourth-order valence-electron chi connectivity index (χ4n) is 6.14. The van der Waals surface area contributed by atoms with Crippen LogP contribution in [0, 0.1) is 0 Å². The van der Waals surface area contributed by atoms with Gasteiger partial charge in [-0.25, -0.2) is 0 Å². The van der Waals surface area contributed by atoms with E-state index in [1.54, 1.807) is 0 Å². The number of rotatable bonds is 5. The van der Waals surface area contributed by atoms with Crippen LogP contribution in [-0.2, 0) is 38.0 Å². The van der Waals surface area contributed by atoms with Crippen molar-refractivity contribution >= 4 is 5.97 Å². The van der Waals surface area contributed by atoms with Crippen LogP contribution in [0.2, 0.25) is 0 Å². The molecule has 30 heavy (non-hydrogen) atoms. The fraction of sp³-hybridized carbons (Fsp3) is 0.864. The van der Waals surface area contributed by atoms with Crippen LogP contribution < -0.4 is 0 Å². The second-order valence-corrected chi connectivity index (χ2v) is 9.56. The van der Waals surface area contributed by atoms with Crippen molar-refractivity contribution < 1.29 is 38.0 Å². The molecule has 7 fully saturated rings. The number of esters is 1. The third-order valence-electron chi connectivity index (χ3n) is 7.54. The zero-order valence-electron chi connectivity index (χ0n) is 17.3. The highest BCUT2D eigenvalue weighted by atomic mass is 16.8. The zero-order chi connectivity index (χ0) is 20.5. The van der Waals surface area contributed by atoms with Crippen molar-refractivity contribution in [3.8, 4) is 0 Å². The summed E-state index contributed by atoms with van der Waals surface area (Å²) in [5, 5.41) is 0. The maximum Gasteiger partial charge on any atom is 0.308 e. The molecular formula is C22H30O8. The van der Waals surface area contributed by atoms with E-state index in [9.17, 15) is 4.79 Å². The van der Waals surface area contributed by atoms with Crippen LogP contribution in [0.25, 0.3) is 0 Å². The van der Waals surface area contributed by atoms with E-state index in [2.05, 4.69) is 6.58 Å². The van der Waals surface area contributed by atoms with Crippen molar-refractivity contribution in [1.29, 1.82) is 0 Å². The normalized spacial score (nSPS) is 51.1. The molecule has 7 saturated heterocycles. The molecule has 0 radical (unpaired) electrons. The Hall–Kier alpha value is -1.03. The second kappa shape index (κ2) is 7.25. The molecule has 6 bridgehead atoms. The molecule has 0 N–H and O–H groups in total. The van der Waals surface area contributed by atoms with Gasteiger partial charge in [-0.3, -0.25) is 4.79 Å². The van der Waals surface area contributed by atoms with Crippen molar-refractivity contribution in [1.82, 2.24) is 0 Å². The second-order valence-electron chi connectivity index (χ2n) is 9.56. The Balaban J connectivity index is 1.20. The Morgan fingerprint density at radius 1 is 1.03 bits per heavy atom. The molecule has 7 aliphatic rings. The number of hydrogen-bond acceptors (Lipinski definition) is 8. The van der Waals surface area contributed by atoms with Gasteiger partial charge in [0.2, 0.25) is 0 Å². The molecule has 0 saturated carbocycles. The Morgan fingerprint density at radius 2 is 1.83 bits per heavy atom. The molecule has 7 aliphatic heterocycles. The maximum absolute atomic E-state index is 11.8. The molecule has 0 aromatic heterocycles. The van der Waals surface area contributed by atoms with Crippen molar-refractivity contribution in [2.45, 2.75) is 106 Å². The Labute approximate surface area is 176 Å². The molecule has 7 unspecified atom stereocenters. The first-order chi connectivity index (χ1) is 14.5. The van der Waals surface area contributed by atoms with Crippen LogP contribution in [0.3, 0.4) is 0 Å². The maximum atomic E-state index is 11.8. The van der Waals surface area contributed by atoms with Crippen molar-refractivity contribution in [2.24, 2.45) is 0 Å². The molecule has 7 rings (SSSR count). The van der Waals surface area contributed by atoms with E-state index in [4.69, 9.17) is 33.2 Å². The number of carbonyl (C=O) groups is 1. The topological polar surface area (TPSA) is 81.7 Å². The van der Waals surface area contributed by atoms with Gasteiger partial charge in [-0.05, 0) is 31.3 Å². The minimum absolute atomic E-state index is 0.00418. The highest BCUT2D eigenvalue weighted by molar-refractivity contribution is 5.69. The van der Waals surface area contributed by atoms with Crippen LogP contribution in [0.15, 0.2) is 12.2 Å². The molecule has 7 heterocycles. The lowest BCUT2D eigenvalue weighted by molar-refractivity contribution is -0.293. The Morgan fingerprint density at radius 3 is 2.63 bits per heavy atom. The number of carbonyl (C=O) groups excluding carboxylic acids is 1. The average molecular weight is 422 g/mol. The summed E-state index contributed by atoms with van der Waals surface area (Å²) in [4.78, 5) is 11.8. The Kier molecular flexibility index (Phi) is 4.75. The smallest absolute Gasteiger partial charge is 0.308 e. The average Bonchev–Trinajstić information content (AvgIpc) is 3.34. The van der Waals surface area contributed by atoms with E-state index >= 15 is 0 Å². The number of hydrogen-bond donors (Lipinski definition) is 0. The zero-order valence-corrected chi connectivity index (χ0v) is 17.3. The minimum atomic E-state index is -0.687. The van der Waals surface area contributed by atoms with E-state index < -0.39 is 5.79 Å². The fourth-order valence-corrected chi connectivity index (χ4v) is 6.14. The summed E-state index contributed by atoms with van der Waals surface area (Å²) >= 11 is 0. The first kappa shape index (κ1) is 19.6. The monoisotopic (exact) mass is 422 g/mol. The van der Waals surface area contributed by atoms with Crippen molar-refractivity contribution in [3.05, 3.63) is 12.2 Å². The van der Waals surface area contributed by atoms with E-state index in [0.29, 0.717) is 13.0 Å². The summed E-state index contributed by atoms with van der Waals surface area (Å²) in [5.41, 5.74) is 1.15. The van der Waals surface area contributed by atoms with Gasteiger partial charge < -0.3 is 33.2 Å². The number of methoxy groups -OCH3 is 1. The third kappa shape index (κ3) is 3.15. The molecule has 0 aromatic rings. The summed E-state index contributed by atoms with van der Waals surface area (Å²) in [5.74, 6) is -0.944. The van der Waals surface area contributed by atoms with Crippen LogP contribution in [0.5, 0.6) is 0 Å². The molecule has 0 aliphatic carbocycles. The Bertz CT molecular complexity index is 726. The SMILES string of the molecule is C=C1COC(CCC23CC4O[C@H]5C(O2)[C@H]2OC(CC(=O)OC)CCC2O[C@H]5C4O3)C1. The van der Waals surface area contributed by atoms with E-state index in [1.165, 1.54) is 7.11 Å². The summed E-state index contributed by atoms with van der Waals surface area (Å²) in [6, 6.07) is 0. The standard InChI is InChI=1S/C22H30O8/c1-11-7-12(25-10-11)5-6-22-9-15-18(29-22)19-20(28-15)21(30-22)17-14(27-19)4-3-13(26-17)8-16(23)24-2/h12-15,17-21H,1,3-10H2,2H3/t12?,13?,14?,15?,17-,18?,19-,20+,21?,22?/m0/s1. The van der Waals surface area contributed by atoms with Crippen molar-refractivity contribution in [2.75, 3.05) is 13.7 Å². The summed E-state index contributed by atoms with van der Waals surface area (Å²) in [6.07, 6.45) is 4.07.